The molecule has 2 fully saturated rings. The van der Waals surface area contributed by atoms with Crippen LogP contribution < -0.4 is 4.74 Å². The van der Waals surface area contributed by atoms with Crippen molar-refractivity contribution >= 4 is 22.0 Å². The maximum Gasteiger partial charge on any atom is 0.407 e. The van der Waals surface area contributed by atoms with Crippen molar-refractivity contribution in [3.05, 3.63) is 28.2 Å². The monoisotopic (exact) mass is 403 g/mol. The minimum atomic E-state index is -0.835. The molecule has 24 heavy (non-hydrogen) atoms. The summed E-state index contributed by atoms with van der Waals surface area (Å²) in [6.07, 6.45) is 2.94. The lowest BCUT2D eigenvalue weighted by atomic mass is 9.91. The Labute approximate surface area is 147 Å². The number of carboxylic acid groups (broad SMARTS) is 1. The molecule has 1 aromatic carbocycles. The van der Waals surface area contributed by atoms with Crippen molar-refractivity contribution in [3.8, 4) is 5.75 Å². The van der Waals surface area contributed by atoms with Gasteiger partial charge >= 0.3 is 6.09 Å². The average Bonchev–Trinajstić information content (AvgIpc) is 3.32. The third kappa shape index (κ3) is 3.99. The van der Waals surface area contributed by atoms with Crippen LogP contribution in [0.4, 0.5) is 13.6 Å². The maximum atomic E-state index is 13.7. The number of rotatable bonds is 5. The molecule has 1 aliphatic heterocycles. The molecule has 1 saturated heterocycles. The highest BCUT2D eigenvalue weighted by Crippen LogP contribution is 2.49. The Morgan fingerprint density at radius 1 is 1.29 bits per heavy atom. The van der Waals surface area contributed by atoms with Crippen molar-refractivity contribution in [2.75, 3.05) is 19.7 Å². The summed E-state index contributed by atoms with van der Waals surface area (Å²) < 4.78 is 32.5. The fraction of sp³-hybridized carbons (Fsp3) is 0.588. The van der Waals surface area contributed by atoms with Crippen LogP contribution in [0.2, 0.25) is 0 Å². The van der Waals surface area contributed by atoms with Gasteiger partial charge in [-0.15, -0.1) is 0 Å². The Bertz CT molecular complexity index is 620. The van der Waals surface area contributed by atoms with Crippen molar-refractivity contribution in [2.24, 2.45) is 17.8 Å². The molecule has 7 heteroatoms. The van der Waals surface area contributed by atoms with Gasteiger partial charge < -0.3 is 14.7 Å². The number of likely N-dealkylation sites (tertiary alicyclic amines) is 1. The van der Waals surface area contributed by atoms with Gasteiger partial charge in [-0.3, -0.25) is 0 Å². The fourth-order valence-electron chi connectivity index (χ4n) is 3.63. The van der Waals surface area contributed by atoms with Crippen molar-refractivity contribution in [3.63, 3.8) is 0 Å². The molecule has 0 spiro atoms. The Kier molecular flexibility index (Phi) is 5.27. The standard InChI is InChI=1S/C17H20BrF2NO3/c18-13-8-15(20)16(9-14(13)19)24-6-3-11-7-12(11)10-1-4-21(5-2-10)17(22)23/h8-12H,1-7H2,(H,22,23)/t11-,12-/m1/s1. The van der Waals surface area contributed by atoms with Gasteiger partial charge in [0.05, 0.1) is 11.1 Å². The van der Waals surface area contributed by atoms with E-state index in [0.717, 1.165) is 37.8 Å². The van der Waals surface area contributed by atoms with Crippen LogP contribution in [0.3, 0.4) is 0 Å². The van der Waals surface area contributed by atoms with Crippen LogP contribution in [0.15, 0.2) is 16.6 Å². The zero-order valence-electron chi connectivity index (χ0n) is 13.2. The molecule has 1 N–H and O–H groups in total. The predicted molar refractivity (Wildman–Crippen MR) is 88.1 cm³/mol. The Morgan fingerprint density at radius 3 is 2.67 bits per heavy atom. The molecule has 132 valence electrons. The van der Waals surface area contributed by atoms with Crippen molar-refractivity contribution in [1.29, 1.82) is 0 Å². The van der Waals surface area contributed by atoms with Gasteiger partial charge in [-0.05, 0) is 65.4 Å². The number of hydrogen-bond donors (Lipinski definition) is 1. The van der Waals surface area contributed by atoms with E-state index in [1.54, 1.807) is 0 Å². The van der Waals surface area contributed by atoms with Crippen LogP contribution >= 0.6 is 15.9 Å². The summed E-state index contributed by atoms with van der Waals surface area (Å²) >= 11 is 2.94. The molecule has 0 radical (unpaired) electrons. The van der Waals surface area contributed by atoms with E-state index in [1.807, 2.05) is 0 Å². The van der Waals surface area contributed by atoms with E-state index in [9.17, 15) is 13.6 Å². The van der Waals surface area contributed by atoms with Crippen LogP contribution in [0.1, 0.15) is 25.7 Å². The first-order valence-corrected chi connectivity index (χ1v) is 9.00. The van der Waals surface area contributed by atoms with Crippen molar-refractivity contribution < 1.29 is 23.4 Å². The highest BCUT2D eigenvalue weighted by molar-refractivity contribution is 9.10. The summed E-state index contributed by atoms with van der Waals surface area (Å²) in [4.78, 5) is 12.4. The second kappa shape index (κ2) is 7.25. The SMILES string of the molecule is O=C(O)N1CCC([C@H]2C[C@H]2CCOc2cc(F)c(Br)cc2F)CC1. The molecule has 0 bridgehead atoms. The molecule has 1 heterocycles. The molecule has 4 nitrogen and oxygen atoms in total. The van der Waals surface area contributed by atoms with Gasteiger partial charge in [-0.2, -0.15) is 0 Å². The molecule has 1 aliphatic carbocycles. The summed E-state index contributed by atoms with van der Waals surface area (Å²) in [5, 5.41) is 8.96. The molecule has 2 aliphatic rings. The second-order valence-corrected chi connectivity index (χ2v) is 7.45. The van der Waals surface area contributed by atoms with E-state index in [1.165, 1.54) is 4.90 Å². The number of carbonyl (C=O) groups is 1. The van der Waals surface area contributed by atoms with E-state index in [-0.39, 0.29) is 10.2 Å². The van der Waals surface area contributed by atoms with Crippen LogP contribution in [-0.2, 0) is 0 Å². The first-order valence-electron chi connectivity index (χ1n) is 8.21. The lowest BCUT2D eigenvalue weighted by Crippen LogP contribution is -2.38. The zero-order valence-corrected chi connectivity index (χ0v) is 14.8. The van der Waals surface area contributed by atoms with Gasteiger partial charge in [0.15, 0.2) is 11.6 Å². The highest BCUT2D eigenvalue weighted by atomic mass is 79.9. The Hall–Kier alpha value is -1.37. The van der Waals surface area contributed by atoms with Gasteiger partial charge in [0.1, 0.15) is 5.82 Å². The Balaban J connectivity index is 1.41. The van der Waals surface area contributed by atoms with E-state index in [2.05, 4.69) is 15.9 Å². The molecule has 3 rings (SSSR count). The zero-order chi connectivity index (χ0) is 17.3. The number of amides is 1. The summed E-state index contributed by atoms with van der Waals surface area (Å²) in [6, 6.07) is 2.13. The third-order valence-electron chi connectivity index (χ3n) is 5.11. The first kappa shape index (κ1) is 17.5. The van der Waals surface area contributed by atoms with Crippen molar-refractivity contribution in [1.82, 2.24) is 4.90 Å². The molecule has 2 atom stereocenters. The maximum absolute atomic E-state index is 13.7. The van der Waals surface area contributed by atoms with Crippen molar-refractivity contribution in [2.45, 2.75) is 25.7 Å². The lowest BCUT2D eigenvalue weighted by molar-refractivity contribution is 0.119. The summed E-state index contributed by atoms with van der Waals surface area (Å²) in [7, 11) is 0. The largest absolute Gasteiger partial charge is 0.490 e. The molecular weight excluding hydrogens is 384 g/mol. The summed E-state index contributed by atoms with van der Waals surface area (Å²) in [6.45, 7) is 1.60. The molecule has 0 unspecified atom stereocenters. The molecule has 0 aromatic heterocycles. The van der Waals surface area contributed by atoms with E-state index in [4.69, 9.17) is 9.84 Å². The highest BCUT2D eigenvalue weighted by Gasteiger charge is 2.43. The number of halogens is 3. The topological polar surface area (TPSA) is 49.8 Å². The van der Waals surface area contributed by atoms with Gasteiger partial charge in [0, 0.05) is 19.2 Å². The minimum absolute atomic E-state index is 0.0531. The predicted octanol–water partition coefficient (Wildman–Crippen LogP) is 4.52. The van der Waals surface area contributed by atoms with Gasteiger partial charge in [0.2, 0.25) is 0 Å². The van der Waals surface area contributed by atoms with Crippen LogP contribution in [-0.4, -0.2) is 35.8 Å². The molecule has 1 amide bonds. The number of hydrogen-bond acceptors (Lipinski definition) is 2. The molecular formula is C17H20BrF2NO3. The summed E-state index contributed by atoms with van der Waals surface area (Å²) in [5.74, 6) is 0.582. The van der Waals surface area contributed by atoms with E-state index >= 15 is 0 Å². The summed E-state index contributed by atoms with van der Waals surface area (Å²) in [5.41, 5.74) is 0. The number of nitrogens with zero attached hydrogens (tertiary/aromatic N) is 1. The van der Waals surface area contributed by atoms with E-state index < -0.39 is 17.7 Å². The van der Waals surface area contributed by atoms with Gasteiger partial charge in [0.25, 0.3) is 0 Å². The van der Waals surface area contributed by atoms with Crippen LogP contribution in [0, 0.1) is 29.4 Å². The first-order chi connectivity index (χ1) is 11.5. The molecule has 1 saturated carbocycles. The third-order valence-corrected chi connectivity index (χ3v) is 5.72. The second-order valence-electron chi connectivity index (χ2n) is 6.60. The minimum Gasteiger partial charge on any atom is -0.490 e. The normalized spacial score (nSPS) is 24.0. The van der Waals surface area contributed by atoms with E-state index in [0.29, 0.717) is 37.5 Å². The smallest absolute Gasteiger partial charge is 0.407 e. The number of ether oxygens (including phenoxy) is 1. The lowest BCUT2D eigenvalue weighted by Gasteiger charge is -2.30. The van der Waals surface area contributed by atoms with Crippen LogP contribution in [0.25, 0.3) is 0 Å². The fourth-order valence-corrected chi connectivity index (χ4v) is 3.95. The van der Waals surface area contributed by atoms with Crippen LogP contribution in [0.5, 0.6) is 5.75 Å². The van der Waals surface area contributed by atoms with Gasteiger partial charge in [-0.1, -0.05) is 0 Å². The quantitative estimate of drug-likeness (QED) is 0.735. The Morgan fingerprint density at radius 2 is 2.00 bits per heavy atom. The average molecular weight is 404 g/mol. The molecule has 1 aromatic rings. The van der Waals surface area contributed by atoms with Gasteiger partial charge in [-0.25, -0.2) is 13.6 Å². The number of piperidine rings is 1. The number of benzene rings is 1.